The average Bonchev–Trinajstić information content (AvgIpc) is 2.64. The Morgan fingerprint density at radius 3 is 2.29 bits per heavy atom. The third kappa shape index (κ3) is 5.95. The van der Waals surface area contributed by atoms with Crippen LogP contribution < -0.4 is 10.2 Å². The molecule has 2 rings (SSSR count). The maximum absolute atomic E-state index is 12.1. The number of carbonyl (C=O) groups excluding carboxylic acids is 1. The molecule has 0 aromatic heterocycles. The van der Waals surface area contributed by atoms with Gasteiger partial charge in [-0.15, -0.1) is 0 Å². The molecule has 0 bridgehead atoms. The second kappa shape index (κ2) is 9.05. The van der Waals surface area contributed by atoms with Gasteiger partial charge in [0.2, 0.25) is 0 Å². The first-order chi connectivity index (χ1) is 13.1. The zero-order valence-corrected chi connectivity index (χ0v) is 18.1. The summed E-state index contributed by atoms with van der Waals surface area (Å²) in [6, 6.07) is 14.3. The molecule has 1 N–H and O–H groups in total. The van der Waals surface area contributed by atoms with E-state index in [1.165, 1.54) is 11.1 Å². The molecular weight excluding hydrogens is 348 g/mol. The fourth-order valence-corrected chi connectivity index (χ4v) is 2.77. The minimum atomic E-state index is -0.280. The molecule has 0 aliphatic carbocycles. The number of hydrogen-bond acceptors (Lipinski definition) is 3. The van der Waals surface area contributed by atoms with Gasteiger partial charge >= 0.3 is 0 Å². The Kier molecular flexibility index (Phi) is 7.00. The standard InChI is InChI=1S/C24H32N2O2/c1-16(2)19-8-10-20(11-9-19)18(4)25-26-23(27)15-28-22-13-12-21(14-17(22)3)24(5,6)7/h8-14,16H,15H2,1-7H3,(H,26,27)/b25-18-. The molecule has 0 fully saturated rings. The first-order valence-electron chi connectivity index (χ1n) is 9.75. The molecule has 0 saturated carbocycles. The van der Waals surface area contributed by atoms with Crippen LogP contribution in [0, 0.1) is 6.92 Å². The van der Waals surface area contributed by atoms with Gasteiger partial charge in [-0.1, -0.05) is 71.0 Å². The van der Waals surface area contributed by atoms with Crippen LogP contribution in [0.2, 0.25) is 0 Å². The zero-order valence-electron chi connectivity index (χ0n) is 18.1. The van der Waals surface area contributed by atoms with Gasteiger partial charge in [0.15, 0.2) is 6.61 Å². The van der Waals surface area contributed by atoms with E-state index in [2.05, 4.69) is 63.3 Å². The van der Waals surface area contributed by atoms with Gasteiger partial charge in [0.25, 0.3) is 5.91 Å². The number of ether oxygens (including phenoxy) is 1. The lowest BCUT2D eigenvalue weighted by molar-refractivity contribution is -0.123. The quantitative estimate of drug-likeness (QED) is 0.543. The van der Waals surface area contributed by atoms with Crippen LogP contribution in [0.1, 0.15) is 69.7 Å². The van der Waals surface area contributed by atoms with Crippen LogP contribution in [0.3, 0.4) is 0 Å². The van der Waals surface area contributed by atoms with E-state index < -0.39 is 0 Å². The van der Waals surface area contributed by atoms with Crippen LogP contribution in [-0.2, 0) is 10.2 Å². The van der Waals surface area contributed by atoms with Gasteiger partial charge in [-0.25, -0.2) is 5.43 Å². The predicted octanol–water partition coefficient (Wildman–Crippen LogP) is 5.34. The summed E-state index contributed by atoms with van der Waals surface area (Å²) in [5.74, 6) is 0.926. The molecule has 0 heterocycles. The summed E-state index contributed by atoms with van der Waals surface area (Å²) in [4.78, 5) is 12.1. The third-order valence-electron chi connectivity index (χ3n) is 4.74. The number of amides is 1. The van der Waals surface area contributed by atoms with E-state index in [4.69, 9.17) is 4.74 Å². The van der Waals surface area contributed by atoms with Gasteiger partial charge in [-0.3, -0.25) is 4.79 Å². The van der Waals surface area contributed by atoms with Crippen molar-refractivity contribution in [3.63, 3.8) is 0 Å². The Bertz CT molecular complexity index is 844. The van der Waals surface area contributed by atoms with Gasteiger partial charge in [0, 0.05) is 0 Å². The van der Waals surface area contributed by atoms with Crippen molar-refractivity contribution in [1.29, 1.82) is 0 Å². The van der Waals surface area contributed by atoms with E-state index >= 15 is 0 Å². The van der Waals surface area contributed by atoms with Crippen molar-refractivity contribution in [3.8, 4) is 5.75 Å². The van der Waals surface area contributed by atoms with Crippen LogP contribution >= 0.6 is 0 Å². The van der Waals surface area contributed by atoms with Gasteiger partial charge in [-0.05, 0) is 53.5 Å². The maximum Gasteiger partial charge on any atom is 0.277 e. The van der Waals surface area contributed by atoms with Crippen molar-refractivity contribution in [2.75, 3.05) is 6.61 Å². The van der Waals surface area contributed by atoms with Gasteiger partial charge in [-0.2, -0.15) is 5.10 Å². The summed E-state index contributed by atoms with van der Waals surface area (Å²) in [5, 5.41) is 4.19. The van der Waals surface area contributed by atoms with Crippen molar-refractivity contribution in [3.05, 3.63) is 64.7 Å². The molecule has 4 heteroatoms. The van der Waals surface area contributed by atoms with Gasteiger partial charge < -0.3 is 4.74 Å². The third-order valence-corrected chi connectivity index (χ3v) is 4.74. The van der Waals surface area contributed by atoms with E-state index in [0.717, 1.165) is 16.8 Å². The fraction of sp³-hybridized carbons (Fsp3) is 0.417. The van der Waals surface area contributed by atoms with Crippen molar-refractivity contribution in [1.82, 2.24) is 5.43 Å². The van der Waals surface area contributed by atoms with E-state index in [1.54, 1.807) is 0 Å². The van der Waals surface area contributed by atoms with E-state index in [0.29, 0.717) is 11.7 Å². The minimum absolute atomic E-state index is 0.0707. The molecule has 2 aromatic carbocycles. The molecule has 28 heavy (non-hydrogen) atoms. The predicted molar refractivity (Wildman–Crippen MR) is 116 cm³/mol. The number of carbonyl (C=O) groups is 1. The SMILES string of the molecule is C/C(=N/NC(=O)COc1ccc(C(C)(C)C)cc1C)c1ccc(C(C)C)cc1. The Balaban J connectivity index is 1.92. The number of nitrogens with one attached hydrogen (secondary N) is 1. The topological polar surface area (TPSA) is 50.7 Å². The van der Waals surface area contributed by atoms with Crippen molar-refractivity contribution in [2.45, 2.75) is 59.8 Å². The summed E-state index contributed by atoms with van der Waals surface area (Å²) in [7, 11) is 0. The number of aryl methyl sites for hydroxylation is 1. The molecule has 150 valence electrons. The van der Waals surface area contributed by atoms with Gasteiger partial charge in [0.05, 0.1) is 5.71 Å². The second-order valence-corrected chi connectivity index (χ2v) is 8.53. The summed E-state index contributed by atoms with van der Waals surface area (Å²) >= 11 is 0. The van der Waals surface area contributed by atoms with E-state index in [1.807, 2.05) is 38.1 Å². The second-order valence-electron chi connectivity index (χ2n) is 8.53. The minimum Gasteiger partial charge on any atom is -0.483 e. The number of hydrogen-bond donors (Lipinski definition) is 1. The Labute approximate surface area is 169 Å². The van der Waals surface area contributed by atoms with Crippen LogP contribution in [0.4, 0.5) is 0 Å². The highest BCUT2D eigenvalue weighted by Crippen LogP contribution is 2.27. The molecule has 0 atom stereocenters. The number of nitrogens with zero attached hydrogens (tertiary/aromatic N) is 1. The normalized spacial score (nSPS) is 12.2. The Hall–Kier alpha value is -2.62. The molecule has 0 radical (unpaired) electrons. The molecule has 0 aliphatic heterocycles. The molecule has 0 unspecified atom stereocenters. The lowest BCUT2D eigenvalue weighted by Gasteiger charge is -2.20. The van der Waals surface area contributed by atoms with Crippen molar-refractivity contribution in [2.24, 2.45) is 5.10 Å². The molecule has 0 saturated heterocycles. The fourth-order valence-electron chi connectivity index (χ4n) is 2.77. The zero-order chi connectivity index (χ0) is 20.9. The first-order valence-corrected chi connectivity index (χ1v) is 9.75. The monoisotopic (exact) mass is 380 g/mol. The van der Waals surface area contributed by atoms with E-state index in [-0.39, 0.29) is 17.9 Å². The van der Waals surface area contributed by atoms with Crippen LogP contribution in [0.15, 0.2) is 47.6 Å². The van der Waals surface area contributed by atoms with Crippen LogP contribution in [0.5, 0.6) is 5.75 Å². The highest BCUT2D eigenvalue weighted by Gasteiger charge is 2.15. The number of rotatable bonds is 6. The Morgan fingerprint density at radius 2 is 1.75 bits per heavy atom. The van der Waals surface area contributed by atoms with Gasteiger partial charge in [0.1, 0.15) is 5.75 Å². The molecule has 2 aromatic rings. The lowest BCUT2D eigenvalue weighted by Crippen LogP contribution is -2.25. The van der Waals surface area contributed by atoms with Crippen molar-refractivity contribution >= 4 is 11.6 Å². The summed E-state index contributed by atoms with van der Waals surface area (Å²) in [6.07, 6.45) is 0. The van der Waals surface area contributed by atoms with Crippen LogP contribution in [0.25, 0.3) is 0 Å². The van der Waals surface area contributed by atoms with Crippen LogP contribution in [-0.4, -0.2) is 18.2 Å². The average molecular weight is 381 g/mol. The number of hydrazone groups is 1. The molecule has 0 spiro atoms. The summed E-state index contributed by atoms with van der Waals surface area (Å²) < 4.78 is 5.67. The highest BCUT2D eigenvalue weighted by atomic mass is 16.5. The lowest BCUT2D eigenvalue weighted by atomic mass is 9.86. The molecule has 4 nitrogen and oxygen atoms in total. The highest BCUT2D eigenvalue weighted by molar-refractivity contribution is 5.99. The molecular formula is C24H32N2O2. The summed E-state index contributed by atoms with van der Waals surface area (Å²) in [6.45, 7) is 14.6. The smallest absolute Gasteiger partial charge is 0.277 e. The first kappa shape index (κ1) is 21.7. The maximum atomic E-state index is 12.1. The molecule has 1 amide bonds. The van der Waals surface area contributed by atoms with E-state index in [9.17, 15) is 4.79 Å². The summed E-state index contributed by atoms with van der Waals surface area (Å²) in [5.41, 5.74) is 7.93. The Morgan fingerprint density at radius 1 is 1.11 bits per heavy atom. The molecule has 0 aliphatic rings. The van der Waals surface area contributed by atoms with Crippen molar-refractivity contribution < 1.29 is 9.53 Å². The largest absolute Gasteiger partial charge is 0.483 e. The number of benzene rings is 2.